The maximum absolute atomic E-state index is 4.08. The molecule has 0 heteroatoms. The molecule has 0 bridgehead atoms. The minimum Gasteiger partial charge on any atom is -0.100 e. The fourth-order valence-electron chi connectivity index (χ4n) is 3.14. The van der Waals surface area contributed by atoms with Gasteiger partial charge in [-0.05, 0) is 67.3 Å². The molecule has 2 rings (SSSR count). The molecule has 1 atom stereocenters. The van der Waals surface area contributed by atoms with E-state index in [1.54, 1.807) is 0 Å². The molecule has 0 nitrogen and oxygen atoms in total. The molecule has 0 aliphatic carbocycles. The summed E-state index contributed by atoms with van der Waals surface area (Å²) in [5.74, 6) is 0.576. The number of hydrogen-bond donors (Lipinski definition) is 0. The summed E-state index contributed by atoms with van der Waals surface area (Å²) in [7, 11) is 0. The molecule has 0 spiro atoms. The third-order valence-electron chi connectivity index (χ3n) is 4.22. The lowest BCUT2D eigenvalue weighted by atomic mass is 9.87. The zero-order chi connectivity index (χ0) is 15.4. The zero-order valence-corrected chi connectivity index (χ0v) is 13.7. The highest BCUT2D eigenvalue weighted by atomic mass is 14.2. The first-order valence-electron chi connectivity index (χ1n) is 7.83. The van der Waals surface area contributed by atoms with Crippen LogP contribution in [0.5, 0.6) is 0 Å². The largest absolute Gasteiger partial charge is 0.100 e. The molecule has 0 radical (unpaired) electrons. The molecular formula is C21H26. The average molecular weight is 278 g/mol. The maximum atomic E-state index is 4.08. The highest BCUT2D eigenvalue weighted by Crippen LogP contribution is 2.32. The lowest BCUT2D eigenvalue weighted by molar-refractivity contribution is 0.657. The molecule has 0 heterocycles. The molecule has 0 aliphatic heterocycles. The highest BCUT2D eigenvalue weighted by Gasteiger charge is 2.12. The third-order valence-corrected chi connectivity index (χ3v) is 4.22. The first-order chi connectivity index (χ1) is 10.0. The van der Waals surface area contributed by atoms with Crippen molar-refractivity contribution in [1.29, 1.82) is 0 Å². The van der Waals surface area contributed by atoms with Crippen molar-refractivity contribution in [3.63, 3.8) is 0 Å². The quantitative estimate of drug-likeness (QED) is 0.553. The van der Waals surface area contributed by atoms with Crippen molar-refractivity contribution in [2.45, 2.75) is 46.5 Å². The van der Waals surface area contributed by atoms with Crippen molar-refractivity contribution >= 4 is 0 Å². The molecule has 0 saturated carbocycles. The molecule has 2 aromatic carbocycles. The molecule has 21 heavy (non-hydrogen) atoms. The van der Waals surface area contributed by atoms with E-state index in [0.717, 1.165) is 12.8 Å². The van der Waals surface area contributed by atoms with Crippen LogP contribution in [0.2, 0.25) is 0 Å². The van der Waals surface area contributed by atoms with Crippen molar-refractivity contribution in [2.75, 3.05) is 0 Å². The number of aryl methyl sites for hydroxylation is 2. The Morgan fingerprint density at radius 1 is 1.05 bits per heavy atom. The van der Waals surface area contributed by atoms with E-state index in [-0.39, 0.29) is 0 Å². The second-order valence-corrected chi connectivity index (χ2v) is 6.16. The van der Waals surface area contributed by atoms with Crippen molar-refractivity contribution in [2.24, 2.45) is 0 Å². The predicted octanol–water partition coefficient (Wildman–Crippen LogP) is 6.43. The van der Waals surface area contributed by atoms with Crippen molar-refractivity contribution < 1.29 is 0 Å². The maximum Gasteiger partial charge on any atom is -0.0125 e. The summed E-state index contributed by atoms with van der Waals surface area (Å²) in [6.07, 6.45) is 2.23. The summed E-state index contributed by atoms with van der Waals surface area (Å²) in [5, 5.41) is 0. The second-order valence-electron chi connectivity index (χ2n) is 6.16. The Bertz CT molecular complexity index is 614. The standard InChI is InChI=1S/C21H26/c1-6-18(13-15(2)3)19-11-8-12-20(14-19)21-16(4)9-7-10-17(21)5/h7-12,14,18H,2,6,13H2,1,3-5H3/t18-/m0/s1. The van der Waals surface area contributed by atoms with Gasteiger partial charge in [0.15, 0.2) is 0 Å². The summed E-state index contributed by atoms with van der Waals surface area (Å²) < 4.78 is 0. The second kappa shape index (κ2) is 6.76. The van der Waals surface area contributed by atoms with Gasteiger partial charge in [0.1, 0.15) is 0 Å². The predicted molar refractivity (Wildman–Crippen MR) is 93.8 cm³/mol. The van der Waals surface area contributed by atoms with Gasteiger partial charge in [0.2, 0.25) is 0 Å². The lowest BCUT2D eigenvalue weighted by Crippen LogP contribution is -1.99. The van der Waals surface area contributed by atoms with E-state index in [2.05, 4.69) is 76.7 Å². The fraction of sp³-hybridized carbons (Fsp3) is 0.333. The van der Waals surface area contributed by atoms with Crippen LogP contribution in [0.4, 0.5) is 0 Å². The molecule has 0 amide bonds. The van der Waals surface area contributed by atoms with Gasteiger partial charge in [0.05, 0.1) is 0 Å². The SMILES string of the molecule is C=C(C)C[C@H](CC)c1cccc(-c2c(C)cccc2C)c1. The summed E-state index contributed by atoms with van der Waals surface area (Å²) >= 11 is 0. The Morgan fingerprint density at radius 3 is 2.24 bits per heavy atom. The van der Waals surface area contributed by atoms with Crippen molar-refractivity contribution in [3.8, 4) is 11.1 Å². The molecular weight excluding hydrogens is 252 g/mol. The Balaban J connectivity index is 2.44. The van der Waals surface area contributed by atoms with Gasteiger partial charge in [-0.25, -0.2) is 0 Å². The highest BCUT2D eigenvalue weighted by molar-refractivity contribution is 5.71. The average Bonchev–Trinajstić information content (AvgIpc) is 2.44. The van der Waals surface area contributed by atoms with E-state index in [4.69, 9.17) is 0 Å². The van der Waals surface area contributed by atoms with E-state index < -0.39 is 0 Å². The first kappa shape index (κ1) is 15.6. The van der Waals surface area contributed by atoms with Crippen LogP contribution >= 0.6 is 0 Å². The van der Waals surface area contributed by atoms with Gasteiger partial charge >= 0.3 is 0 Å². The Hall–Kier alpha value is -1.82. The summed E-state index contributed by atoms with van der Waals surface area (Å²) in [6, 6.07) is 15.6. The monoisotopic (exact) mass is 278 g/mol. The number of hydrogen-bond acceptors (Lipinski definition) is 0. The van der Waals surface area contributed by atoms with Crippen LogP contribution in [0, 0.1) is 13.8 Å². The summed E-state index contributed by atoms with van der Waals surface area (Å²) in [4.78, 5) is 0. The normalized spacial score (nSPS) is 12.2. The van der Waals surface area contributed by atoms with Gasteiger partial charge < -0.3 is 0 Å². The van der Waals surface area contributed by atoms with Gasteiger partial charge in [-0.15, -0.1) is 6.58 Å². The molecule has 0 aromatic heterocycles. The van der Waals surface area contributed by atoms with E-state index in [9.17, 15) is 0 Å². The fourth-order valence-corrected chi connectivity index (χ4v) is 3.14. The smallest absolute Gasteiger partial charge is 0.0125 e. The molecule has 0 saturated heterocycles. The van der Waals surface area contributed by atoms with Crippen molar-refractivity contribution in [1.82, 2.24) is 0 Å². The first-order valence-corrected chi connectivity index (χ1v) is 7.83. The van der Waals surface area contributed by atoms with Crippen LogP contribution in [-0.2, 0) is 0 Å². The van der Waals surface area contributed by atoms with Crippen LogP contribution in [0.1, 0.15) is 49.3 Å². The molecule has 2 aromatic rings. The van der Waals surface area contributed by atoms with E-state index in [1.165, 1.54) is 33.4 Å². The Labute approximate surface area is 129 Å². The number of allylic oxidation sites excluding steroid dienone is 1. The van der Waals surface area contributed by atoms with Crippen LogP contribution in [0.25, 0.3) is 11.1 Å². The zero-order valence-electron chi connectivity index (χ0n) is 13.7. The molecule has 0 N–H and O–H groups in total. The molecule has 0 unspecified atom stereocenters. The third kappa shape index (κ3) is 3.64. The minimum atomic E-state index is 0.576. The van der Waals surface area contributed by atoms with E-state index in [0.29, 0.717) is 5.92 Å². The van der Waals surface area contributed by atoms with E-state index >= 15 is 0 Å². The van der Waals surface area contributed by atoms with Crippen LogP contribution in [0.15, 0.2) is 54.6 Å². The van der Waals surface area contributed by atoms with Crippen LogP contribution < -0.4 is 0 Å². The van der Waals surface area contributed by atoms with Gasteiger partial charge in [-0.1, -0.05) is 55.0 Å². The van der Waals surface area contributed by atoms with Crippen LogP contribution in [-0.4, -0.2) is 0 Å². The van der Waals surface area contributed by atoms with Gasteiger partial charge in [-0.2, -0.15) is 0 Å². The number of rotatable bonds is 5. The van der Waals surface area contributed by atoms with Crippen LogP contribution in [0.3, 0.4) is 0 Å². The Morgan fingerprint density at radius 2 is 1.67 bits per heavy atom. The van der Waals surface area contributed by atoms with Gasteiger partial charge in [0.25, 0.3) is 0 Å². The minimum absolute atomic E-state index is 0.576. The molecule has 0 aliphatic rings. The van der Waals surface area contributed by atoms with E-state index in [1.807, 2.05) is 0 Å². The lowest BCUT2D eigenvalue weighted by Gasteiger charge is -2.18. The number of benzene rings is 2. The molecule has 0 fully saturated rings. The topological polar surface area (TPSA) is 0 Å². The Kier molecular flexibility index (Phi) is 5.01. The van der Waals surface area contributed by atoms with Gasteiger partial charge in [-0.3, -0.25) is 0 Å². The summed E-state index contributed by atoms with van der Waals surface area (Å²) in [5.41, 5.74) is 8.10. The van der Waals surface area contributed by atoms with Gasteiger partial charge in [0, 0.05) is 0 Å². The summed E-state index contributed by atoms with van der Waals surface area (Å²) in [6.45, 7) is 12.9. The van der Waals surface area contributed by atoms with Crippen molar-refractivity contribution in [3.05, 3.63) is 71.3 Å². The molecule has 110 valence electrons.